The maximum absolute atomic E-state index is 12.1. The number of nitrogens with one attached hydrogen (secondary N) is 1. The van der Waals surface area contributed by atoms with E-state index in [1.165, 1.54) is 12.1 Å². The molecular formula is C13H14BrNO4. The molecule has 2 N–H and O–H groups in total. The van der Waals surface area contributed by atoms with Crippen molar-refractivity contribution >= 4 is 27.8 Å². The topological polar surface area (TPSA) is 75.6 Å². The number of carboxylic acid groups (broad SMARTS) is 1. The highest BCUT2D eigenvalue weighted by Gasteiger charge is 2.18. The lowest BCUT2D eigenvalue weighted by atomic mass is 10.1. The lowest BCUT2D eigenvalue weighted by molar-refractivity contribution is 0.0694. The van der Waals surface area contributed by atoms with Crippen molar-refractivity contribution in [3.63, 3.8) is 0 Å². The molecule has 0 unspecified atom stereocenters. The van der Waals surface area contributed by atoms with E-state index in [2.05, 4.69) is 21.2 Å². The van der Waals surface area contributed by atoms with Gasteiger partial charge in [-0.1, -0.05) is 15.9 Å². The second-order valence-corrected chi connectivity index (χ2v) is 5.31. The fourth-order valence-electron chi connectivity index (χ4n) is 1.95. The van der Waals surface area contributed by atoms with Crippen molar-refractivity contribution < 1.29 is 19.4 Å². The van der Waals surface area contributed by atoms with Crippen molar-refractivity contribution in [2.75, 3.05) is 13.2 Å². The highest BCUT2D eigenvalue weighted by Crippen LogP contribution is 2.17. The number of hydrogen-bond donors (Lipinski definition) is 2. The monoisotopic (exact) mass is 327 g/mol. The molecule has 5 nitrogen and oxygen atoms in total. The summed E-state index contributed by atoms with van der Waals surface area (Å²) in [6.45, 7) is 1.29. The second kappa shape index (κ2) is 6.16. The first-order valence-corrected chi connectivity index (χ1v) is 6.78. The molecule has 0 aliphatic carbocycles. The fourth-order valence-corrected chi connectivity index (χ4v) is 2.45. The van der Waals surface area contributed by atoms with Crippen LogP contribution in [0.15, 0.2) is 22.7 Å². The molecule has 1 aliphatic rings. The van der Waals surface area contributed by atoms with E-state index in [1.54, 1.807) is 6.07 Å². The lowest BCUT2D eigenvalue weighted by Gasteiger charge is -2.23. The van der Waals surface area contributed by atoms with Gasteiger partial charge in [-0.05, 0) is 31.0 Å². The summed E-state index contributed by atoms with van der Waals surface area (Å²) in [6.07, 6.45) is 1.57. The number of benzene rings is 1. The molecule has 102 valence electrons. The molecule has 1 saturated heterocycles. The van der Waals surface area contributed by atoms with Gasteiger partial charge < -0.3 is 15.2 Å². The largest absolute Gasteiger partial charge is 0.478 e. The van der Waals surface area contributed by atoms with Crippen LogP contribution >= 0.6 is 15.9 Å². The number of carbonyl (C=O) groups is 2. The van der Waals surface area contributed by atoms with Gasteiger partial charge in [0.05, 0.1) is 5.56 Å². The van der Waals surface area contributed by atoms with E-state index >= 15 is 0 Å². The van der Waals surface area contributed by atoms with Crippen molar-refractivity contribution in [3.05, 3.63) is 33.8 Å². The zero-order valence-corrected chi connectivity index (χ0v) is 11.8. The average molecular weight is 328 g/mol. The van der Waals surface area contributed by atoms with E-state index < -0.39 is 5.97 Å². The Labute approximate surface area is 119 Å². The highest BCUT2D eigenvalue weighted by molar-refractivity contribution is 9.10. The molecule has 2 rings (SSSR count). The quantitative estimate of drug-likeness (QED) is 0.890. The van der Waals surface area contributed by atoms with Gasteiger partial charge in [-0.2, -0.15) is 0 Å². The Balaban J connectivity index is 2.11. The van der Waals surface area contributed by atoms with Crippen LogP contribution in [-0.2, 0) is 4.74 Å². The van der Waals surface area contributed by atoms with Crippen LogP contribution in [0.2, 0.25) is 0 Å². The zero-order chi connectivity index (χ0) is 13.8. The van der Waals surface area contributed by atoms with Crippen molar-refractivity contribution in [1.82, 2.24) is 5.32 Å². The average Bonchev–Trinajstić information content (AvgIpc) is 2.39. The maximum Gasteiger partial charge on any atom is 0.335 e. The third-order valence-corrected chi connectivity index (χ3v) is 3.42. The summed E-state index contributed by atoms with van der Waals surface area (Å²) in [5.74, 6) is -1.31. The van der Waals surface area contributed by atoms with Crippen LogP contribution < -0.4 is 5.32 Å². The van der Waals surface area contributed by atoms with E-state index in [4.69, 9.17) is 9.84 Å². The number of ether oxygens (including phenoxy) is 1. The van der Waals surface area contributed by atoms with Gasteiger partial charge in [0, 0.05) is 29.3 Å². The van der Waals surface area contributed by atoms with Crippen LogP contribution in [0.3, 0.4) is 0 Å². The van der Waals surface area contributed by atoms with E-state index in [1.807, 2.05) is 0 Å². The molecule has 1 heterocycles. The van der Waals surface area contributed by atoms with Crippen LogP contribution in [0, 0.1) is 0 Å². The molecule has 0 saturated carbocycles. The predicted molar refractivity (Wildman–Crippen MR) is 72.4 cm³/mol. The Morgan fingerprint density at radius 2 is 1.84 bits per heavy atom. The van der Waals surface area contributed by atoms with Crippen LogP contribution in [0.5, 0.6) is 0 Å². The van der Waals surface area contributed by atoms with Crippen LogP contribution in [0.25, 0.3) is 0 Å². The summed E-state index contributed by atoms with van der Waals surface area (Å²) in [6, 6.07) is 4.55. The lowest BCUT2D eigenvalue weighted by Crippen LogP contribution is -2.38. The fraction of sp³-hybridized carbons (Fsp3) is 0.385. The molecule has 1 fully saturated rings. The van der Waals surface area contributed by atoms with Gasteiger partial charge in [0.2, 0.25) is 0 Å². The van der Waals surface area contributed by atoms with Crippen LogP contribution in [0.1, 0.15) is 33.6 Å². The number of hydrogen-bond acceptors (Lipinski definition) is 3. The predicted octanol–water partition coefficient (Wildman–Crippen LogP) is 2.06. The Kier molecular flexibility index (Phi) is 4.55. The number of aromatic carboxylic acids is 1. The zero-order valence-electron chi connectivity index (χ0n) is 10.2. The van der Waals surface area contributed by atoms with Gasteiger partial charge in [0.15, 0.2) is 0 Å². The molecule has 0 bridgehead atoms. The smallest absolute Gasteiger partial charge is 0.335 e. The molecule has 0 aromatic heterocycles. The summed E-state index contributed by atoms with van der Waals surface area (Å²) in [4.78, 5) is 23.0. The Morgan fingerprint density at radius 1 is 1.21 bits per heavy atom. The molecule has 0 radical (unpaired) electrons. The summed E-state index contributed by atoms with van der Waals surface area (Å²) in [5.41, 5.74) is 0.435. The molecule has 1 amide bonds. The summed E-state index contributed by atoms with van der Waals surface area (Å²) < 4.78 is 5.79. The Morgan fingerprint density at radius 3 is 2.47 bits per heavy atom. The van der Waals surface area contributed by atoms with E-state index in [0.29, 0.717) is 23.2 Å². The SMILES string of the molecule is O=C(O)c1cc(Br)cc(C(=O)NC2CCOCC2)c1. The minimum absolute atomic E-state index is 0.0894. The molecule has 19 heavy (non-hydrogen) atoms. The Bertz CT molecular complexity index is 497. The first-order chi connectivity index (χ1) is 9.06. The normalized spacial score (nSPS) is 16.1. The number of halogens is 1. The maximum atomic E-state index is 12.1. The first kappa shape index (κ1) is 14.0. The second-order valence-electron chi connectivity index (χ2n) is 4.39. The van der Waals surface area contributed by atoms with E-state index in [0.717, 1.165) is 12.8 Å². The van der Waals surface area contributed by atoms with Crippen molar-refractivity contribution in [3.8, 4) is 0 Å². The van der Waals surface area contributed by atoms with Gasteiger partial charge >= 0.3 is 5.97 Å². The number of amides is 1. The molecule has 0 spiro atoms. The molecule has 1 aromatic rings. The Hall–Kier alpha value is -1.40. The van der Waals surface area contributed by atoms with Gasteiger partial charge in [0.1, 0.15) is 0 Å². The molecule has 6 heteroatoms. The van der Waals surface area contributed by atoms with Gasteiger partial charge in [0.25, 0.3) is 5.91 Å². The number of carbonyl (C=O) groups excluding carboxylic acids is 1. The molecule has 0 atom stereocenters. The third kappa shape index (κ3) is 3.78. The number of carboxylic acids is 1. The van der Waals surface area contributed by atoms with Crippen molar-refractivity contribution in [2.45, 2.75) is 18.9 Å². The molecule has 1 aromatic carbocycles. The van der Waals surface area contributed by atoms with Gasteiger partial charge in [-0.15, -0.1) is 0 Å². The summed E-state index contributed by atoms with van der Waals surface area (Å²) >= 11 is 3.21. The van der Waals surface area contributed by atoms with Crippen molar-refractivity contribution in [2.24, 2.45) is 0 Å². The van der Waals surface area contributed by atoms with Gasteiger partial charge in [-0.3, -0.25) is 4.79 Å². The molecular weight excluding hydrogens is 314 g/mol. The molecule has 1 aliphatic heterocycles. The van der Waals surface area contributed by atoms with Crippen LogP contribution in [-0.4, -0.2) is 36.2 Å². The van der Waals surface area contributed by atoms with Crippen LogP contribution in [0.4, 0.5) is 0 Å². The van der Waals surface area contributed by atoms with E-state index in [-0.39, 0.29) is 17.5 Å². The summed E-state index contributed by atoms with van der Waals surface area (Å²) in [5, 5.41) is 11.9. The van der Waals surface area contributed by atoms with Crippen molar-refractivity contribution in [1.29, 1.82) is 0 Å². The summed E-state index contributed by atoms with van der Waals surface area (Å²) in [7, 11) is 0. The van der Waals surface area contributed by atoms with E-state index in [9.17, 15) is 9.59 Å². The third-order valence-electron chi connectivity index (χ3n) is 2.96. The highest BCUT2D eigenvalue weighted by atomic mass is 79.9. The minimum atomic E-state index is -1.05. The number of rotatable bonds is 3. The standard InChI is InChI=1S/C13H14BrNO4/c14-10-6-8(5-9(7-10)13(17)18)12(16)15-11-1-3-19-4-2-11/h5-7,11H,1-4H2,(H,15,16)(H,17,18). The minimum Gasteiger partial charge on any atom is -0.478 e. The first-order valence-electron chi connectivity index (χ1n) is 5.99. The van der Waals surface area contributed by atoms with Gasteiger partial charge in [-0.25, -0.2) is 4.79 Å².